The summed E-state index contributed by atoms with van der Waals surface area (Å²) in [6, 6.07) is 6.39. The van der Waals surface area contributed by atoms with Gasteiger partial charge in [-0.25, -0.2) is 8.60 Å². The van der Waals surface area contributed by atoms with Crippen LogP contribution in [0.1, 0.15) is 32.3 Å². The molecule has 0 unspecified atom stereocenters. The van der Waals surface area contributed by atoms with E-state index in [2.05, 4.69) is 4.40 Å². The Morgan fingerprint density at radius 2 is 2.12 bits per heavy atom. The van der Waals surface area contributed by atoms with Crippen LogP contribution in [-0.4, -0.2) is 15.7 Å². The molecule has 0 amide bonds. The molecule has 0 aromatic heterocycles. The van der Waals surface area contributed by atoms with E-state index >= 15 is 0 Å². The van der Waals surface area contributed by atoms with Gasteiger partial charge in [-0.2, -0.15) is 4.40 Å². The van der Waals surface area contributed by atoms with Crippen molar-refractivity contribution >= 4 is 16.7 Å². The summed E-state index contributed by atoms with van der Waals surface area (Å²) in [4.78, 5) is 0. The summed E-state index contributed by atoms with van der Waals surface area (Å²) in [5.41, 5.74) is 0.917. The molecule has 1 rings (SSSR count). The van der Waals surface area contributed by atoms with Crippen LogP contribution in [0, 0.1) is 5.82 Å². The molecule has 2 nitrogen and oxygen atoms in total. The molecular formula is C12H16FNOS. The fourth-order valence-corrected chi connectivity index (χ4v) is 2.30. The van der Waals surface area contributed by atoms with Gasteiger partial charge in [0.1, 0.15) is 16.8 Å². The van der Waals surface area contributed by atoms with Crippen molar-refractivity contribution in [1.29, 1.82) is 0 Å². The first-order valence-corrected chi connectivity index (χ1v) is 6.61. The van der Waals surface area contributed by atoms with Gasteiger partial charge in [0.15, 0.2) is 0 Å². The number of rotatable bonds is 5. The highest BCUT2D eigenvalue weighted by molar-refractivity contribution is 7.83. The van der Waals surface area contributed by atoms with Crippen molar-refractivity contribution in [2.75, 3.05) is 5.75 Å². The van der Waals surface area contributed by atoms with E-state index < -0.39 is 11.0 Å². The molecule has 1 aromatic carbocycles. The zero-order chi connectivity index (χ0) is 12.0. The van der Waals surface area contributed by atoms with Gasteiger partial charge in [0, 0.05) is 11.3 Å². The molecule has 0 heterocycles. The lowest BCUT2D eigenvalue weighted by Gasteiger charge is -2.02. The van der Waals surface area contributed by atoms with Crippen molar-refractivity contribution in [2.24, 2.45) is 4.40 Å². The van der Waals surface area contributed by atoms with Crippen LogP contribution in [0.5, 0.6) is 0 Å². The summed E-state index contributed by atoms with van der Waals surface area (Å²) in [5, 5.41) is 0. The van der Waals surface area contributed by atoms with Gasteiger partial charge in [-0.15, -0.1) is 0 Å². The second-order valence-corrected chi connectivity index (χ2v) is 4.77. The first kappa shape index (κ1) is 13.0. The van der Waals surface area contributed by atoms with Crippen molar-refractivity contribution < 1.29 is 8.60 Å². The van der Waals surface area contributed by atoms with Gasteiger partial charge in [-0.1, -0.05) is 31.5 Å². The number of unbranched alkanes of at least 4 members (excludes halogenated alkanes) is 1. The van der Waals surface area contributed by atoms with Crippen LogP contribution in [0.25, 0.3) is 0 Å². The van der Waals surface area contributed by atoms with Gasteiger partial charge in [-0.3, -0.25) is 0 Å². The summed E-state index contributed by atoms with van der Waals surface area (Å²) in [7, 11) is -1.24. The van der Waals surface area contributed by atoms with Gasteiger partial charge in [0.2, 0.25) is 0 Å². The second-order valence-electron chi connectivity index (χ2n) is 3.54. The number of benzene rings is 1. The van der Waals surface area contributed by atoms with Gasteiger partial charge in [0.05, 0.1) is 5.71 Å². The quantitative estimate of drug-likeness (QED) is 0.728. The number of nitrogens with zero attached hydrogens (tertiary/aromatic N) is 1. The molecule has 0 fully saturated rings. The van der Waals surface area contributed by atoms with Crippen molar-refractivity contribution in [3.8, 4) is 0 Å². The Hall–Kier alpha value is -1.03. The third kappa shape index (κ3) is 3.85. The van der Waals surface area contributed by atoms with Crippen LogP contribution in [0.15, 0.2) is 28.7 Å². The predicted octanol–water partition coefficient (Wildman–Crippen LogP) is 3.10. The monoisotopic (exact) mass is 241 g/mol. The SMILES string of the molecule is CCCC[S@](=O)N=C(C)c1ccccc1F. The summed E-state index contributed by atoms with van der Waals surface area (Å²) < 4.78 is 28.9. The summed E-state index contributed by atoms with van der Waals surface area (Å²) in [6.45, 7) is 3.72. The lowest BCUT2D eigenvalue weighted by atomic mass is 10.1. The molecule has 0 aliphatic heterocycles. The number of halogens is 1. The molecule has 0 radical (unpaired) electrons. The van der Waals surface area contributed by atoms with E-state index in [1.807, 2.05) is 6.92 Å². The van der Waals surface area contributed by atoms with Crippen molar-refractivity contribution in [1.82, 2.24) is 0 Å². The molecule has 1 aromatic rings. The van der Waals surface area contributed by atoms with Crippen molar-refractivity contribution in [2.45, 2.75) is 26.7 Å². The minimum Gasteiger partial charge on any atom is -0.235 e. The smallest absolute Gasteiger partial charge is 0.139 e. The van der Waals surface area contributed by atoms with Crippen LogP contribution in [0.2, 0.25) is 0 Å². The maximum absolute atomic E-state index is 13.4. The highest BCUT2D eigenvalue weighted by Crippen LogP contribution is 2.08. The largest absolute Gasteiger partial charge is 0.235 e. The Kier molecular flexibility index (Phi) is 5.32. The standard InChI is InChI=1S/C12H16FNOS/c1-3-4-9-16(15)14-10(2)11-7-5-6-8-12(11)13/h5-8H,3-4,9H2,1-2H3/t16-/m0/s1. The second kappa shape index (κ2) is 6.53. The van der Waals surface area contributed by atoms with Gasteiger partial charge < -0.3 is 0 Å². The molecule has 0 bridgehead atoms. The number of hydrogen-bond acceptors (Lipinski definition) is 1. The van der Waals surface area contributed by atoms with E-state index in [9.17, 15) is 8.60 Å². The Balaban J connectivity index is 2.77. The van der Waals surface area contributed by atoms with E-state index in [4.69, 9.17) is 0 Å². The zero-order valence-corrected chi connectivity index (χ0v) is 10.4. The summed E-state index contributed by atoms with van der Waals surface area (Å²) >= 11 is 0. The molecule has 4 heteroatoms. The average Bonchev–Trinajstić information content (AvgIpc) is 2.26. The molecule has 0 saturated heterocycles. The van der Waals surface area contributed by atoms with E-state index in [1.54, 1.807) is 25.1 Å². The van der Waals surface area contributed by atoms with Gasteiger partial charge in [-0.05, 0) is 19.4 Å². The maximum Gasteiger partial charge on any atom is 0.139 e. The van der Waals surface area contributed by atoms with Gasteiger partial charge in [0.25, 0.3) is 0 Å². The fourth-order valence-electron chi connectivity index (χ4n) is 1.27. The third-order valence-corrected chi connectivity index (χ3v) is 3.29. The summed E-state index contributed by atoms with van der Waals surface area (Å²) in [6.07, 6.45) is 1.86. The number of hydrogen-bond donors (Lipinski definition) is 0. The topological polar surface area (TPSA) is 29.4 Å². The van der Waals surface area contributed by atoms with E-state index in [1.165, 1.54) is 6.07 Å². The van der Waals surface area contributed by atoms with E-state index in [0.717, 1.165) is 12.8 Å². The van der Waals surface area contributed by atoms with E-state index in [-0.39, 0.29) is 5.82 Å². The molecular weight excluding hydrogens is 225 g/mol. The zero-order valence-electron chi connectivity index (χ0n) is 9.57. The molecule has 0 N–H and O–H groups in total. The van der Waals surface area contributed by atoms with E-state index in [0.29, 0.717) is 17.0 Å². The first-order chi connectivity index (χ1) is 7.65. The highest BCUT2D eigenvalue weighted by Gasteiger charge is 2.05. The minimum absolute atomic E-state index is 0.323. The Morgan fingerprint density at radius 3 is 2.75 bits per heavy atom. The first-order valence-electron chi connectivity index (χ1n) is 5.33. The lowest BCUT2D eigenvalue weighted by Crippen LogP contribution is -2.02. The molecule has 0 aliphatic rings. The van der Waals surface area contributed by atoms with Crippen molar-refractivity contribution in [3.05, 3.63) is 35.6 Å². The Bertz CT molecular complexity index is 404. The fraction of sp³-hybridized carbons (Fsp3) is 0.417. The Morgan fingerprint density at radius 1 is 1.44 bits per heavy atom. The highest BCUT2D eigenvalue weighted by atomic mass is 32.2. The van der Waals surface area contributed by atoms with Crippen LogP contribution < -0.4 is 0 Å². The predicted molar refractivity (Wildman–Crippen MR) is 66.5 cm³/mol. The van der Waals surface area contributed by atoms with Crippen LogP contribution in [0.4, 0.5) is 4.39 Å². The molecule has 0 aliphatic carbocycles. The molecule has 0 spiro atoms. The average molecular weight is 241 g/mol. The molecule has 88 valence electrons. The Labute approximate surface area is 98.2 Å². The molecule has 1 atom stereocenters. The van der Waals surface area contributed by atoms with Crippen LogP contribution in [-0.2, 0) is 11.0 Å². The summed E-state index contributed by atoms with van der Waals surface area (Å²) in [5.74, 6) is 0.221. The maximum atomic E-state index is 13.4. The minimum atomic E-state index is -1.24. The lowest BCUT2D eigenvalue weighted by molar-refractivity contribution is 0.625. The van der Waals surface area contributed by atoms with Gasteiger partial charge >= 0.3 is 0 Å². The molecule has 0 saturated carbocycles. The molecule has 16 heavy (non-hydrogen) atoms. The van der Waals surface area contributed by atoms with Crippen LogP contribution >= 0.6 is 0 Å². The van der Waals surface area contributed by atoms with Crippen LogP contribution in [0.3, 0.4) is 0 Å². The third-order valence-electron chi connectivity index (χ3n) is 2.17. The normalized spacial score (nSPS) is 13.8. The van der Waals surface area contributed by atoms with Crippen molar-refractivity contribution in [3.63, 3.8) is 0 Å².